The number of hydrogen-bond acceptors (Lipinski definition) is 10. The van der Waals surface area contributed by atoms with Crippen molar-refractivity contribution in [1.29, 1.82) is 0 Å². The first-order valence-electron chi connectivity index (χ1n) is 15.6. The van der Waals surface area contributed by atoms with Gasteiger partial charge in [0.25, 0.3) is 0 Å². The highest BCUT2D eigenvalue weighted by Gasteiger charge is 2.76. The van der Waals surface area contributed by atoms with Crippen LogP contribution in [0.2, 0.25) is 0 Å². The van der Waals surface area contributed by atoms with E-state index < -0.39 is 63.3 Å². The quantitative estimate of drug-likeness (QED) is 0.367. The number of fused-ring (bicyclic) bond motifs is 3. The van der Waals surface area contributed by atoms with E-state index >= 15 is 0 Å². The Labute approximate surface area is 268 Å². The van der Waals surface area contributed by atoms with Crippen molar-refractivity contribution in [3.8, 4) is 22.6 Å². The molecule has 2 aromatic carbocycles. The van der Waals surface area contributed by atoms with Crippen molar-refractivity contribution in [3.05, 3.63) is 47.0 Å². The van der Waals surface area contributed by atoms with E-state index in [2.05, 4.69) is 18.7 Å². The number of phenolic OH excluding ortho intramolecular Hbond substituents is 1. The average Bonchev–Trinajstić information content (AvgIpc) is 2.97. The molecule has 0 aliphatic heterocycles. The SMILES string of the molecule is CCN(CC)Cc1ccc(OC)c(-c2ccc(O)c3c2C[C@@]2(C)C[C@@]4(C)[C@H](N(C)C)C(=O)C(C(N)=O)C(=O)[C@@]4(O)C(=O)C2C3=O)c1. The second-order valence-electron chi connectivity index (χ2n) is 13.7. The summed E-state index contributed by atoms with van der Waals surface area (Å²) in [6, 6.07) is 7.73. The zero-order chi connectivity index (χ0) is 34.1. The van der Waals surface area contributed by atoms with Crippen LogP contribution < -0.4 is 10.5 Å². The standard InChI is InChI=1S/C35H43N3O8/c1-8-38(9-2)16-18-10-13-23(46-7)20(14-18)19-11-12-22(39)24-21(19)15-33(3)17-34(4)29(37(5)6)28(41)25(32(36)44)30(42)35(34,45)31(43)26(33)27(24)40/h10-14,25-26,29,39,45H,8-9,15-17H2,1-7H3,(H2,36,44)/t25?,26?,29-,33+,34+,35-/m1/s1. The third-order valence-electron chi connectivity index (χ3n) is 10.7. The minimum Gasteiger partial charge on any atom is -0.507 e. The second kappa shape index (κ2) is 11.4. The molecule has 11 nitrogen and oxygen atoms in total. The van der Waals surface area contributed by atoms with Gasteiger partial charge in [0, 0.05) is 17.5 Å². The summed E-state index contributed by atoms with van der Waals surface area (Å²) >= 11 is 0. The Morgan fingerprint density at radius 1 is 1.02 bits per heavy atom. The van der Waals surface area contributed by atoms with Crippen molar-refractivity contribution in [1.82, 2.24) is 9.80 Å². The van der Waals surface area contributed by atoms with E-state index in [0.717, 1.165) is 18.7 Å². The molecule has 3 aliphatic carbocycles. The summed E-state index contributed by atoms with van der Waals surface area (Å²) in [5.74, 6) is -8.51. The zero-order valence-electron chi connectivity index (χ0n) is 27.5. The molecule has 2 fully saturated rings. The van der Waals surface area contributed by atoms with Crippen LogP contribution in [0.5, 0.6) is 11.5 Å². The number of benzene rings is 2. The van der Waals surface area contributed by atoms with Gasteiger partial charge in [0.2, 0.25) is 5.91 Å². The third-order valence-corrected chi connectivity index (χ3v) is 10.7. The molecule has 11 heteroatoms. The largest absolute Gasteiger partial charge is 0.507 e. The summed E-state index contributed by atoms with van der Waals surface area (Å²) in [7, 11) is 4.68. The van der Waals surface area contributed by atoms with Gasteiger partial charge in [-0.2, -0.15) is 0 Å². The molecule has 0 bridgehead atoms. The van der Waals surface area contributed by atoms with E-state index in [4.69, 9.17) is 10.5 Å². The molecule has 2 aromatic rings. The number of hydrogen-bond donors (Lipinski definition) is 3. The van der Waals surface area contributed by atoms with Crippen LogP contribution in [0.25, 0.3) is 11.1 Å². The Bertz CT molecular complexity index is 1670. The number of aliphatic hydroxyl groups is 1. The predicted molar refractivity (Wildman–Crippen MR) is 169 cm³/mol. The molecular formula is C35H43N3O8. The van der Waals surface area contributed by atoms with Crippen LogP contribution in [0.4, 0.5) is 0 Å². The monoisotopic (exact) mass is 633 g/mol. The van der Waals surface area contributed by atoms with Crippen molar-refractivity contribution in [2.45, 2.75) is 58.7 Å². The molecule has 0 spiro atoms. The molecule has 0 heterocycles. The molecule has 0 radical (unpaired) electrons. The Hall–Kier alpha value is -3.93. The molecule has 0 saturated heterocycles. The maximum absolute atomic E-state index is 14.5. The van der Waals surface area contributed by atoms with Gasteiger partial charge in [-0.15, -0.1) is 0 Å². The number of phenols is 1. The lowest BCUT2D eigenvalue weighted by atomic mass is 9.42. The first-order chi connectivity index (χ1) is 21.5. The molecule has 2 unspecified atom stereocenters. The highest BCUT2D eigenvalue weighted by Crippen LogP contribution is 2.62. The van der Waals surface area contributed by atoms with Crippen LogP contribution in [-0.2, 0) is 32.1 Å². The van der Waals surface area contributed by atoms with E-state index in [1.165, 1.54) is 17.9 Å². The topological polar surface area (TPSA) is 168 Å². The molecular weight excluding hydrogens is 590 g/mol. The second-order valence-corrected chi connectivity index (χ2v) is 13.7. The zero-order valence-corrected chi connectivity index (χ0v) is 27.5. The Kier molecular flexibility index (Phi) is 8.28. The van der Waals surface area contributed by atoms with Gasteiger partial charge in [-0.1, -0.05) is 39.8 Å². The van der Waals surface area contributed by atoms with Gasteiger partial charge in [0.1, 0.15) is 11.5 Å². The Balaban J connectivity index is 1.72. The first kappa shape index (κ1) is 33.4. The Morgan fingerprint density at radius 3 is 2.24 bits per heavy atom. The molecule has 4 N–H and O–H groups in total. The van der Waals surface area contributed by atoms with E-state index in [0.29, 0.717) is 29.0 Å². The number of aromatic hydroxyl groups is 1. The predicted octanol–water partition coefficient (Wildman–Crippen LogP) is 2.16. The lowest BCUT2D eigenvalue weighted by Gasteiger charge is -2.61. The van der Waals surface area contributed by atoms with E-state index in [-0.39, 0.29) is 24.2 Å². The van der Waals surface area contributed by atoms with Gasteiger partial charge in [0.05, 0.1) is 24.6 Å². The summed E-state index contributed by atoms with van der Waals surface area (Å²) < 4.78 is 5.74. The van der Waals surface area contributed by atoms with Crippen molar-refractivity contribution >= 4 is 29.0 Å². The number of ketones is 4. The van der Waals surface area contributed by atoms with Crippen LogP contribution in [0, 0.1) is 22.7 Å². The van der Waals surface area contributed by atoms with Crippen LogP contribution in [0.1, 0.15) is 55.6 Å². The maximum Gasteiger partial charge on any atom is 0.235 e. The number of nitrogens with two attached hydrogens (primary N) is 1. The molecule has 246 valence electrons. The van der Waals surface area contributed by atoms with Crippen LogP contribution >= 0.6 is 0 Å². The summed E-state index contributed by atoms with van der Waals surface area (Å²) in [5.41, 5.74) is 2.56. The normalized spacial score (nSPS) is 30.7. The summed E-state index contributed by atoms with van der Waals surface area (Å²) in [4.78, 5) is 72.5. The fraction of sp³-hybridized carbons (Fsp3) is 0.514. The minimum absolute atomic E-state index is 0.0633. The van der Waals surface area contributed by atoms with Gasteiger partial charge < -0.3 is 20.7 Å². The van der Waals surface area contributed by atoms with Crippen LogP contribution in [-0.4, -0.2) is 95.0 Å². The summed E-state index contributed by atoms with van der Waals surface area (Å²) in [5, 5.41) is 23.2. The van der Waals surface area contributed by atoms with Gasteiger partial charge in [0.15, 0.2) is 34.7 Å². The first-order valence-corrected chi connectivity index (χ1v) is 15.6. The maximum atomic E-state index is 14.5. The van der Waals surface area contributed by atoms with Crippen molar-refractivity contribution < 1.29 is 38.9 Å². The number of methoxy groups -OCH3 is 1. The number of primary amides is 1. The van der Waals surface area contributed by atoms with E-state index in [1.54, 1.807) is 34.2 Å². The molecule has 6 atom stereocenters. The molecule has 1 amide bonds. The lowest BCUT2D eigenvalue weighted by molar-refractivity contribution is -0.203. The molecule has 3 aliphatic rings. The Morgan fingerprint density at radius 2 is 1.67 bits per heavy atom. The van der Waals surface area contributed by atoms with Crippen LogP contribution in [0.3, 0.4) is 0 Å². The fourth-order valence-electron chi connectivity index (χ4n) is 8.74. The van der Waals surface area contributed by atoms with E-state index in [1.807, 2.05) is 18.2 Å². The van der Waals surface area contributed by atoms with E-state index in [9.17, 15) is 34.2 Å². The minimum atomic E-state index is -2.85. The fourth-order valence-corrected chi connectivity index (χ4v) is 8.74. The van der Waals surface area contributed by atoms with Gasteiger partial charge in [-0.3, -0.25) is 33.8 Å². The third kappa shape index (κ3) is 4.54. The average molecular weight is 634 g/mol. The van der Waals surface area contributed by atoms with Crippen molar-refractivity contribution in [3.63, 3.8) is 0 Å². The molecule has 46 heavy (non-hydrogen) atoms. The van der Waals surface area contributed by atoms with Crippen molar-refractivity contribution in [2.75, 3.05) is 34.3 Å². The highest BCUT2D eigenvalue weighted by molar-refractivity contribution is 6.33. The highest BCUT2D eigenvalue weighted by atomic mass is 16.5. The summed E-state index contributed by atoms with van der Waals surface area (Å²) in [6.07, 6.45) is 0.0310. The van der Waals surface area contributed by atoms with Crippen LogP contribution in [0.15, 0.2) is 30.3 Å². The number of Topliss-reactive ketones (excluding diaryl/α,β-unsaturated/α-hetero) is 4. The number of nitrogens with zero attached hydrogens (tertiary/aromatic N) is 2. The number of carbonyl (C=O) groups is 5. The van der Waals surface area contributed by atoms with Gasteiger partial charge in [-0.05, 0) is 80.3 Å². The number of rotatable bonds is 8. The molecule has 5 rings (SSSR count). The number of amides is 1. The number of likely N-dealkylation sites (N-methyl/N-ethyl adjacent to an activating group) is 1. The van der Waals surface area contributed by atoms with Gasteiger partial charge >= 0.3 is 0 Å². The molecule has 2 saturated carbocycles. The lowest BCUT2D eigenvalue weighted by Crippen LogP contribution is -2.79. The summed E-state index contributed by atoms with van der Waals surface area (Å²) in [6.45, 7) is 9.82. The molecule has 0 aromatic heterocycles. The smallest absolute Gasteiger partial charge is 0.235 e. The number of carbonyl (C=O) groups excluding carboxylic acids is 5. The van der Waals surface area contributed by atoms with Crippen molar-refractivity contribution in [2.24, 2.45) is 28.4 Å². The van der Waals surface area contributed by atoms with Gasteiger partial charge in [-0.25, -0.2) is 0 Å². The number of ether oxygens (including phenoxy) is 1.